The normalized spacial score (nSPS) is 13.1. The summed E-state index contributed by atoms with van der Waals surface area (Å²) >= 11 is 5.86. The lowest BCUT2D eigenvalue weighted by Gasteiger charge is -2.24. The summed E-state index contributed by atoms with van der Waals surface area (Å²) in [4.78, 5) is 27.1. The molecule has 0 unspecified atom stereocenters. The molecule has 0 N–H and O–H groups in total. The Kier molecular flexibility index (Phi) is 6.57. The van der Waals surface area contributed by atoms with E-state index in [4.69, 9.17) is 21.1 Å². The first-order chi connectivity index (χ1) is 13.5. The molecule has 2 aromatic rings. The van der Waals surface area contributed by atoms with Crippen LogP contribution in [0.3, 0.4) is 0 Å². The Bertz CT molecular complexity index is 846. The number of hydrogen-bond acceptors (Lipinski definition) is 4. The molecule has 1 aliphatic carbocycles. The number of Topliss-reactive ketones (excluding diaryl/α,β-unsaturated/α-hetero) is 1. The van der Waals surface area contributed by atoms with Gasteiger partial charge in [-0.05, 0) is 55.3 Å². The van der Waals surface area contributed by atoms with Gasteiger partial charge in [0.1, 0.15) is 11.5 Å². The summed E-state index contributed by atoms with van der Waals surface area (Å²) < 4.78 is 10.7. The molecule has 0 aliphatic heterocycles. The standard InChI is InChI=1S/C22H24ClNO4/c1-27-19-9-11-21(28-2)16(13-19)14-24(18-7-8-18)22(26)12-10-20(25)15-3-5-17(23)6-4-15/h3-6,9,11,13,18H,7-8,10,12,14H2,1-2H3. The third kappa shape index (κ3) is 5.04. The molecule has 6 heteroatoms. The van der Waals surface area contributed by atoms with Gasteiger partial charge in [0.05, 0.1) is 14.2 Å². The number of ether oxygens (including phenoxy) is 2. The number of methoxy groups -OCH3 is 2. The van der Waals surface area contributed by atoms with Gasteiger partial charge in [0.25, 0.3) is 0 Å². The summed E-state index contributed by atoms with van der Waals surface area (Å²) in [6, 6.07) is 12.5. The van der Waals surface area contributed by atoms with Crippen LogP contribution < -0.4 is 9.47 Å². The van der Waals surface area contributed by atoms with Crippen molar-refractivity contribution in [2.45, 2.75) is 38.3 Å². The second kappa shape index (κ2) is 9.11. The summed E-state index contributed by atoms with van der Waals surface area (Å²) in [6.07, 6.45) is 2.34. The van der Waals surface area contributed by atoms with Gasteiger partial charge in [0, 0.05) is 41.6 Å². The number of benzene rings is 2. The van der Waals surface area contributed by atoms with Crippen LogP contribution in [0, 0.1) is 0 Å². The highest BCUT2D eigenvalue weighted by Gasteiger charge is 2.33. The number of carbonyl (C=O) groups excluding carboxylic acids is 2. The topological polar surface area (TPSA) is 55.8 Å². The third-order valence-corrected chi connectivity index (χ3v) is 5.12. The van der Waals surface area contributed by atoms with Gasteiger partial charge in [-0.25, -0.2) is 0 Å². The van der Waals surface area contributed by atoms with Crippen molar-refractivity contribution in [2.24, 2.45) is 0 Å². The molecular formula is C22H24ClNO4. The van der Waals surface area contributed by atoms with Gasteiger partial charge < -0.3 is 14.4 Å². The van der Waals surface area contributed by atoms with Gasteiger partial charge in [0.15, 0.2) is 5.78 Å². The highest BCUT2D eigenvalue weighted by atomic mass is 35.5. The van der Waals surface area contributed by atoms with Crippen LogP contribution in [0.5, 0.6) is 11.5 Å². The van der Waals surface area contributed by atoms with Crippen molar-refractivity contribution in [1.82, 2.24) is 4.90 Å². The van der Waals surface area contributed by atoms with Crippen LogP contribution in [0.2, 0.25) is 5.02 Å². The van der Waals surface area contributed by atoms with Crippen LogP contribution >= 0.6 is 11.6 Å². The molecule has 1 aliphatic rings. The number of carbonyl (C=O) groups is 2. The van der Waals surface area contributed by atoms with Gasteiger partial charge in [-0.1, -0.05) is 11.6 Å². The lowest BCUT2D eigenvalue weighted by molar-refractivity contribution is -0.132. The quantitative estimate of drug-likeness (QED) is 0.580. The summed E-state index contributed by atoms with van der Waals surface area (Å²) in [6.45, 7) is 0.443. The van der Waals surface area contributed by atoms with E-state index in [0.29, 0.717) is 17.1 Å². The van der Waals surface area contributed by atoms with Crippen LogP contribution in [-0.2, 0) is 11.3 Å². The Balaban J connectivity index is 1.66. The predicted octanol–water partition coefficient (Wildman–Crippen LogP) is 4.51. The molecule has 0 heterocycles. The average molecular weight is 402 g/mol. The maximum absolute atomic E-state index is 12.9. The minimum Gasteiger partial charge on any atom is -0.497 e. The number of rotatable bonds is 9. The van der Waals surface area contributed by atoms with Gasteiger partial charge in [-0.3, -0.25) is 9.59 Å². The number of ketones is 1. The maximum Gasteiger partial charge on any atom is 0.223 e. The van der Waals surface area contributed by atoms with Crippen molar-refractivity contribution in [2.75, 3.05) is 14.2 Å². The van der Waals surface area contributed by atoms with Crippen LogP contribution in [0.4, 0.5) is 0 Å². The molecular weight excluding hydrogens is 378 g/mol. The molecule has 0 atom stereocenters. The summed E-state index contributed by atoms with van der Waals surface area (Å²) in [7, 11) is 3.22. The van der Waals surface area contributed by atoms with Crippen LogP contribution in [0.25, 0.3) is 0 Å². The molecule has 2 aromatic carbocycles. The third-order valence-electron chi connectivity index (χ3n) is 4.87. The van der Waals surface area contributed by atoms with E-state index >= 15 is 0 Å². The fourth-order valence-electron chi connectivity index (χ4n) is 3.14. The predicted molar refractivity (Wildman–Crippen MR) is 108 cm³/mol. The van der Waals surface area contributed by atoms with Crippen molar-refractivity contribution >= 4 is 23.3 Å². The molecule has 28 heavy (non-hydrogen) atoms. The molecule has 148 valence electrons. The maximum atomic E-state index is 12.9. The Labute approximate surface area is 170 Å². The average Bonchev–Trinajstić information content (AvgIpc) is 3.55. The van der Waals surface area contributed by atoms with Gasteiger partial charge in [-0.2, -0.15) is 0 Å². The van der Waals surface area contributed by atoms with Crippen molar-refractivity contribution < 1.29 is 19.1 Å². The van der Waals surface area contributed by atoms with Crippen LogP contribution in [0.1, 0.15) is 41.6 Å². The Morgan fingerprint density at radius 1 is 1.04 bits per heavy atom. The van der Waals surface area contributed by atoms with E-state index in [-0.39, 0.29) is 30.6 Å². The fourth-order valence-corrected chi connectivity index (χ4v) is 3.27. The highest BCUT2D eigenvalue weighted by Crippen LogP contribution is 2.32. The molecule has 0 radical (unpaired) electrons. The molecule has 0 spiro atoms. The number of nitrogens with zero attached hydrogens (tertiary/aromatic N) is 1. The summed E-state index contributed by atoms with van der Waals surface area (Å²) in [5, 5.41) is 0.583. The minimum absolute atomic E-state index is 0.0188. The summed E-state index contributed by atoms with van der Waals surface area (Å²) in [5.41, 5.74) is 1.47. The number of amides is 1. The lowest BCUT2D eigenvalue weighted by Crippen LogP contribution is -2.33. The zero-order chi connectivity index (χ0) is 20.1. The second-order valence-electron chi connectivity index (χ2n) is 6.86. The zero-order valence-corrected chi connectivity index (χ0v) is 16.9. The van der Waals surface area contributed by atoms with Crippen LogP contribution in [-0.4, -0.2) is 36.9 Å². The number of halogens is 1. The Morgan fingerprint density at radius 2 is 1.75 bits per heavy atom. The largest absolute Gasteiger partial charge is 0.497 e. The first kappa shape index (κ1) is 20.2. The highest BCUT2D eigenvalue weighted by molar-refractivity contribution is 6.30. The second-order valence-corrected chi connectivity index (χ2v) is 7.30. The molecule has 3 rings (SSSR count). The SMILES string of the molecule is COc1ccc(OC)c(CN(C(=O)CCC(=O)c2ccc(Cl)cc2)C2CC2)c1. The van der Waals surface area contributed by atoms with E-state index in [9.17, 15) is 9.59 Å². The van der Waals surface area contributed by atoms with E-state index in [1.54, 1.807) is 38.5 Å². The first-order valence-corrected chi connectivity index (χ1v) is 9.68. The van der Waals surface area contributed by atoms with E-state index in [1.807, 2.05) is 23.1 Å². The van der Waals surface area contributed by atoms with Gasteiger partial charge in [0.2, 0.25) is 5.91 Å². The molecule has 0 aromatic heterocycles. The molecule has 0 bridgehead atoms. The number of hydrogen-bond donors (Lipinski definition) is 0. The molecule has 1 saturated carbocycles. The van der Waals surface area contributed by atoms with E-state index in [2.05, 4.69) is 0 Å². The first-order valence-electron chi connectivity index (χ1n) is 9.31. The van der Waals surface area contributed by atoms with Crippen molar-refractivity contribution in [3.05, 3.63) is 58.6 Å². The van der Waals surface area contributed by atoms with Gasteiger partial charge >= 0.3 is 0 Å². The van der Waals surface area contributed by atoms with E-state index < -0.39 is 0 Å². The van der Waals surface area contributed by atoms with Crippen molar-refractivity contribution in [3.8, 4) is 11.5 Å². The summed E-state index contributed by atoms with van der Waals surface area (Å²) in [5.74, 6) is 1.36. The zero-order valence-electron chi connectivity index (χ0n) is 16.1. The van der Waals surface area contributed by atoms with Crippen LogP contribution in [0.15, 0.2) is 42.5 Å². The molecule has 0 saturated heterocycles. The van der Waals surface area contributed by atoms with E-state index in [0.717, 1.165) is 29.9 Å². The van der Waals surface area contributed by atoms with E-state index in [1.165, 1.54) is 0 Å². The molecule has 5 nitrogen and oxygen atoms in total. The Hall–Kier alpha value is -2.53. The molecule has 1 fully saturated rings. The van der Waals surface area contributed by atoms with Crippen molar-refractivity contribution in [1.29, 1.82) is 0 Å². The minimum atomic E-state index is -0.0558. The van der Waals surface area contributed by atoms with Crippen molar-refractivity contribution in [3.63, 3.8) is 0 Å². The molecule has 1 amide bonds. The fraction of sp³-hybridized carbons (Fsp3) is 0.364. The van der Waals surface area contributed by atoms with Gasteiger partial charge in [-0.15, -0.1) is 0 Å². The monoisotopic (exact) mass is 401 g/mol. The smallest absolute Gasteiger partial charge is 0.223 e. The Morgan fingerprint density at radius 3 is 2.36 bits per heavy atom. The lowest BCUT2D eigenvalue weighted by atomic mass is 10.1.